The predicted molar refractivity (Wildman–Crippen MR) is 74.1 cm³/mol. The van der Waals surface area contributed by atoms with Crippen LogP contribution in [0.1, 0.15) is 24.2 Å². The van der Waals surface area contributed by atoms with Crippen LogP contribution in [0.3, 0.4) is 0 Å². The lowest BCUT2D eigenvalue weighted by molar-refractivity contribution is 0.675. The Kier molecular flexibility index (Phi) is 3.52. The Hall–Kier alpha value is -1.29. The van der Waals surface area contributed by atoms with E-state index in [0.29, 0.717) is 0 Å². The number of hydrogen-bond donors (Lipinski definition) is 1. The van der Waals surface area contributed by atoms with Crippen molar-refractivity contribution in [1.82, 2.24) is 9.78 Å². The molecule has 0 spiro atoms. The minimum absolute atomic E-state index is 0.232. The van der Waals surface area contributed by atoms with Crippen molar-refractivity contribution in [3.63, 3.8) is 0 Å². The van der Waals surface area contributed by atoms with Gasteiger partial charge >= 0.3 is 0 Å². The fraction of sp³-hybridized carbons (Fsp3) is 0.308. The van der Waals surface area contributed by atoms with Gasteiger partial charge in [0.05, 0.1) is 11.7 Å². The van der Waals surface area contributed by atoms with Gasteiger partial charge in [-0.1, -0.05) is 22.0 Å². The quantitative estimate of drug-likeness (QED) is 0.936. The van der Waals surface area contributed by atoms with Crippen molar-refractivity contribution < 1.29 is 0 Å². The summed E-state index contributed by atoms with van der Waals surface area (Å²) in [4.78, 5) is 0. The second-order valence-electron chi connectivity index (χ2n) is 4.20. The molecule has 1 aromatic heterocycles. The highest BCUT2D eigenvalue weighted by molar-refractivity contribution is 9.10. The summed E-state index contributed by atoms with van der Waals surface area (Å²) >= 11 is 3.49. The summed E-state index contributed by atoms with van der Waals surface area (Å²) in [6.45, 7) is 4.24. The van der Waals surface area contributed by atoms with E-state index in [1.54, 1.807) is 0 Å². The van der Waals surface area contributed by atoms with Crippen molar-refractivity contribution >= 4 is 21.6 Å². The molecule has 1 aromatic carbocycles. The number of hydrogen-bond acceptors (Lipinski definition) is 2. The van der Waals surface area contributed by atoms with Crippen LogP contribution in [0.2, 0.25) is 0 Å². The first-order valence-electron chi connectivity index (χ1n) is 5.58. The van der Waals surface area contributed by atoms with Gasteiger partial charge in [-0.2, -0.15) is 5.10 Å². The fourth-order valence-corrected chi connectivity index (χ4v) is 2.23. The minimum atomic E-state index is 0.232. The maximum Gasteiger partial charge on any atom is 0.0654 e. The molecule has 0 radical (unpaired) electrons. The van der Waals surface area contributed by atoms with E-state index in [1.165, 1.54) is 11.3 Å². The van der Waals surface area contributed by atoms with Gasteiger partial charge in [-0.15, -0.1) is 0 Å². The van der Waals surface area contributed by atoms with E-state index < -0.39 is 0 Å². The van der Waals surface area contributed by atoms with Crippen LogP contribution in [-0.4, -0.2) is 9.78 Å². The van der Waals surface area contributed by atoms with Crippen molar-refractivity contribution in [3.8, 4) is 0 Å². The Balaban J connectivity index is 2.21. The van der Waals surface area contributed by atoms with Gasteiger partial charge in [0, 0.05) is 23.4 Å². The average molecular weight is 294 g/mol. The van der Waals surface area contributed by atoms with Gasteiger partial charge in [0.2, 0.25) is 0 Å². The van der Waals surface area contributed by atoms with Crippen molar-refractivity contribution in [2.24, 2.45) is 7.05 Å². The number of anilines is 1. The van der Waals surface area contributed by atoms with Crippen molar-refractivity contribution in [3.05, 3.63) is 46.2 Å². The molecule has 0 aliphatic heterocycles. The van der Waals surface area contributed by atoms with E-state index in [1.807, 2.05) is 24.0 Å². The highest BCUT2D eigenvalue weighted by Crippen LogP contribution is 2.24. The molecule has 0 aliphatic carbocycles. The lowest BCUT2D eigenvalue weighted by Gasteiger charge is -2.17. The van der Waals surface area contributed by atoms with Crippen LogP contribution in [0.4, 0.5) is 5.69 Å². The normalized spacial score (nSPS) is 12.5. The Morgan fingerprint density at radius 2 is 2.12 bits per heavy atom. The monoisotopic (exact) mass is 293 g/mol. The second-order valence-corrected chi connectivity index (χ2v) is 5.12. The van der Waals surface area contributed by atoms with Gasteiger partial charge in [-0.05, 0) is 37.6 Å². The lowest BCUT2D eigenvalue weighted by atomic mass is 10.1. The highest BCUT2D eigenvalue weighted by Gasteiger charge is 2.10. The summed E-state index contributed by atoms with van der Waals surface area (Å²) in [5.74, 6) is 0. The van der Waals surface area contributed by atoms with Crippen LogP contribution < -0.4 is 5.32 Å². The first kappa shape index (κ1) is 12.2. The first-order valence-corrected chi connectivity index (χ1v) is 6.38. The van der Waals surface area contributed by atoms with Gasteiger partial charge in [0.25, 0.3) is 0 Å². The molecule has 4 heteroatoms. The van der Waals surface area contributed by atoms with Gasteiger partial charge < -0.3 is 5.32 Å². The number of aryl methyl sites for hydroxylation is 2. The molecule has 1 N–H and O–H groups in total. The molecule has 0 amide bonds. The molecule has 0 aliphatic rings. The lowest BCUT2D eigenvalue weighted by Crippen LogP contribution is -2.12. The van der Waals surface area contributed by atoms with E-state index in [4.69, 9.17) is 0 Å². The van der Waals surface area contributed by atoms with Gasteiger partial charge in [-0.3, -0.25) is 4.68 Å². The third-order valence-corrected chi connectivity index (χ3v) is 3.37. The SMILES string of the molecule is Cc1ccc(Br)cc1NC(C)c1ccnn1C. The van der Waals surface area contributed by atoms with Gasteiger partial charge in [0.1, 0.15) is 0 Å². The average Bonchev–Trinajstić information content (AvgIpc) is 2.70. The third-order valence-electron chi connectivity index (χ3n) is 2.87. The van der Waals surface area contributed by atoms with E-state index >= 15 is 0 Å². The Morgan fingerprint density at radius 3 is 2.76 bits per heavy atom. The molecule has 0 saturated carbocycles. The standard InChI is InChI=1S/C13H16BrN3/c1-9-4-5-11(14)8-12(9)16-10(2)13-6-7-15-17(13)3/h4-8,10,16H,1-3H3. The van der Waals surface area contributed by atoms with E-state index in [9.17, 15) is 0 Å². The molecular formula is C13H16BrN3. The van der Waals surface area contributed by atoms with Crippen LogP contribution in [0.5, 0.6) is 0 Å². The van der Waals surface area contributed by atoms with E-state index in [0.717, 1.165) is 10.2 Å². The molecule has 0 bridgehead atoms. The summed E-state index contributed by atoms with van der Waals surface area (Å²) in [7, 11) is 1.96. The number of benzene rings is 1. The van der Waals surface area contributed by atoms with Crippen LogP contribution in [-0.2, 0) is 7.05 Å². The Labute approximate surface area is 110 Å². The highest BCUT2D eigenvalue weighted by atomic mass is 79.9. The second kappa shape index (κ2) is 4.92. The molecule has 0 saturated heterocycles. The molecule has 1 heterocycles. The zero-order chi connectivity index (χ0) is 12.4. The number of nitrogens with zero attached hydrogens (tertiary/aromatic N) is 2. The zero-order valence-electron chi connectivity index (χ0n) is 10.2. The van der Waals surface area contributed by atoms with E-state index in [-0.39, 0.29) is 6.04 Å². The van der Waals surface area contributed by atoms with Crippen LogP contribution >= 0.6 is 15.9 Å². The number of halogens is 1. The Morgan fingerprint density at radius 1 is 1.35 bits per heavy atom. The van der Waals surface area contributed by atoms with Crippen LogP contribution in [0, 0.1) is 6.92 Å². The molecule has 90 valence electrons. The number of aromatic nitrogens is 2. The predicted octanol–water partition coefficient (Wildman–Crippen LogP) is 3.66. The largest absolute Gasteiger partial charge is 0.377 e. The smallest absolute Gasteiger partial charge is 0.0654 e. The summed E-state index contributed by atoms with van der Waals surface area (Å²) in [6, 6.07) is 8.51. The number of nitrogens with one attached hydrogen (secondary N) is 1. The number of rotatable bonds is 3. The molecule has 3 nitrogen and oxygen atoms in total. The van der Waals surface area contributed by atoms with Crippen LogP contribution in [0.25, 0.3) is 0 Å². The van der Waals surface area contributed by atoms with Gasteiger partial charge in [-0.25, -0.2) is 0 Å². The van der Waals surface area contributed by atoms with E-state index in [2.05, 4.69) is 58.4 Å². The molecule has 17 heavy (non-hydrogen) atoms. The van der Waals surface area contributed by atoms with Crippen molar-refractivity contribution in [2.75, 3.05) is 5.32 Å². The molecule has 2 aromatic rings. The summed E-state index contributed by atoms with van der Waals surface area (Å²) in [5, 5.41) is 7.69. The molecule has 0 fully saturated rings. The maximum absolute atomic E-state index is 4.19. The summed E-state index contributed by atoms with van der Waals surface area (Å²) in [5.41, 5.74) is 3.56. The van der Waals surface area contributed by atoms with Crippen molar-refractivity contribution in [1.29, 1.82) is 0 Å². The molecular weight excluding hydrogens is 278 g/mol. The minimum Gasteiger partial charge on any atom is -0.377 e. The van der Waals surface area contributed by atoms with Crippen LogP contribution in [0.15, 0.2) is 34.9 Å². The Bertz CT molecular complexity index is 519. The molecule has 2 rings (SSSR count). The topological polar surface area (TPSA) is 29.9 Å². The maximum atomic E-state index is 4.19. The molecule has 1 unspecified atom stereocenters. The van der Waals surface area contributed by atoms with Crippen molar-refractivity contribution in [2.45, 2.75) is 19.9 Å². The third kappa shape index (κ3) is 2.69. The first-order chi connectivity index (χ1) is 8.08. The summed E-state index contributed by atoms with van der Waals surface area (Å²) < 4.78 is 2.98. The summed E-state index contributed by atoms with van der Waals surface area (Å²) in [6.07, 6.45) is 1.82. The molecule has 1 atom stereocenters. The zero-order valence-corrected chi connectivity index (χ0v) is 11.8. The van der Waals surface area contributed by atoms with Gasteiger partial charge in [0.15, 0.2) is 0 Å². The fourth-order valence-electron chi connectivity index (χ4n) is 1.87.